The molecule has 120 heavy (non-hydrogen) atoms. The minimum atomic E-state index is -4.67. The van der Waals surface area contributed by atoms with E-state index in [0.717, 1.165) is 147 Å². The molecule has 6 aliphatic carbocycles. The SMILES string of the molecule is [2H]C([2H])(N(C)C)C([2H])(c1ccc(OC)cc1)C1(O)C([2H])([2H])C([2H])([2H])C([2H])([2H])C([2H])([2H])C1([2H])[2H].[2H]C([2H])([2H])N(C([2H])([2H])[2H])C([2H])([2H])C([2H])(c1ccc(OC)cc1)C1(O)C([2H])([2H])C([2H])([2H])C([2H])([2H])C([2H])([2H])C1([2H])[2H].[2H]C([2H])([2H])N(C)C([2H])([2H])C([2H])(c1ccc(OC)cc1)C1(O)C([2H])([2H])C([2H])([2H])C([2H])([2H])C([2H])([2H])C1([2H])[2H].[2H]C([2H])([2H])N(CC([2H])(c1ccc(OC)cc1)C1(O)C([2H])([2H])C([2H])([2H])C([2H])([2H])C([2H])([2H])C1([2H])[2H])C([2H])([2H])[2H].[2H]c1c([2H])c(C(CN(C)C([2H])([2H])[2H])C2(O)CCCCC2)c([2H])c([2H])c1OC.[2H]c1c([2H])c(C(CN(C)C)C2(O)CCCCC2)c([2H])c([2H])c1OC. The van der Waals surface area contributed by atoms with E-state index in [2.05, 4.69) is 0 Å². The Labute approximate surface area is 833 Å². The summed E-state index contributed by atoms with van der Waals surface area (Å²) >= 11 is 0. The van der Waals surface area contributed by atoms with Crippen LogP contribution < -0.4 is 28.4 Å². The van der Waals surface area contributed by atoms with Gasteiger partial charge in [0.2, 0.25) is 0 Å². The lowest BCUT2D eigenvalue weighted by Gasteiger charge is -2.40. The Morgan fingerprint density at radius 2 is 0.542 bits per heavy atom. The van der Waals surface area contributed by atoms with Gasteiger partial charge in [0.25, 0.3) is 0 Å². The molecule has 0 bridgehead atoms. The molecule has 6 unspecified atom stereocenters. The summed E-state index contributed by atoms with van der Waals surface area (Å²) in [4.78, 5) is 2.59. The van der Waals surface area contributed by atoms with E-state index >= 15 is 0 Å². The predicted octanol–water partition coefficient (Wildman–Crippen LogP) is 18.2. The van der Waals surface area contributed by atoms with Crippen LogP contribution in [0.3, 0.4) is 0 Å². The van der Waals surface area contributed by atoms with E-state index in [4.69, 9.17) is 128 Å². The molecule has 6 aromatic rings. The summed E-state index contributed by atoms with van der Waals surface area (Å²) in [5, 5.41) is 70.2. The monoisotopic (exact) mass is 1740 g/mol. The Morgan fingerprint density at radius 1 is 0.292 bits per heavy atom. The summed E-state index contributed by atoms with van der Waals surface area (Å²) in [7, 11) is 15.7. The van der Waals surface area contributed by atoms with Gasteiger partial charge in [-0.05, 0) is 267 Å². The average molecular weight is 1740 g/mol. The zero-order valence-electron chi connectivity index (χ0n) is 145. The predicted molar refractivity (Wildman–Crippen MR) is 494 cm³/mol. The molecule has 0 spiro atoms. The van der Waals surface area contributed by atoms with E-state index in [-0.39, 0.29) is 105 Å². The van der Waals surface area contributed by atoms with Gasteiger partial charge in [-0.3, -0.25) is 0 Å². The van der Waals surface area contributed by atoms with Crippen molar-refractivity contribution in [3.05, 3.63) is 179 Å². The van der Waals surface area contributed by atoms with Crippen LogP contribution in [-0.4, -0.2) is 260 Å². The van der Waals surface area contributed by atoms with Crippen LogP contribution in [-0.2, 0) is 0 Å². The summed E-state index contributed by atoms with van der Waals surface area (Å²) in [5.41, 5.74) is -22.2. The molecule has 0 heterocycles. The maximum absolute atomic E-state index is 12.0. The third kappa shape index (κ3) is 31.1. The maximum atomic E-state index is 12.0. The third-order valence-electron chi connectivity index (χ3n) is 18.8. The fraction of sp³-hybridized carbons (Fsp3) is 0.647. The van der Waals surface area contributed by atoms with Crippen LogP contribution in [0.1, 0.15) is 365 Å². The molecule has 0 radical (unpaired) electrons. The van der Waals surface area contributed by atoms with Crippen molar-refractivity contribution in [3.8, 4) is 34.5 Å². The first-order chi connectivity index (χ1) is 86.9. The van der Waals surface area contributed by atoms with Crippen molar-refractivity contribution in [2.75, 3.05) is 166 Å². The van der Waals surface area contributed by atoms with Crippen LogP contribution in [0, 0.1) is 0 Å². The first kappa shape index (κ1) is 37.7. The minimum absolute atomic E-state index is 0.00816. The fourth-order valence-electron chi connectivity index (χ4n) is 12.9. The van der Waals surface area contributed by atoms with Gasteiger partial charge in [0.15, 0.2) is 0 Å². The number of benzene rings is 6. The van der Waals surface area contributed by atoms with Crippen LogP contribution in [0.4, 0.5) is 0 Å². The lowest BCUT2D eigenvalue weighted by molar-refractivity contribution is -0.0280. The number of nitrogens with zero attached hydrogens (tertiary/aromatic N) is 6. The molecule has 6 aromatic carbocycles. The molecule has 0 amide bonds. The van der Waals surface area contributed by atoms with Crippen LogP contribution in [0.25, 0.3) is 0 Å². The quantitative estimate of drug-likeness (QED) is 0.0249. The largest absolute Gasteiger partial charge is 0.497 e. The zero-order valence-corrected chi connectivity index (χ0v) is 68.9. The van der Waals surface area contributed by atoms with E-state index in [1.165, 1.54) is 61.8 Å². The molecule has 6 fully saturated rings. The van der Waals surface area contributed by atoms with Gasteiger partial charge in [-0.2, -0.15) is 0 Å². The van der Waals surface area contributed by atoms with Crippen molar-refractivity contribution in [3.63, 3.8) is 0 Å². The molecule has 672 valence electrons. The number of methoxy groups -OCH3 is 6. The highest BCUT2D eigenvalue weighted by Crippen LogP contribution is 2.47. The van der Waals surface area contributed by atoms with E-state index in [9.17, 15) is 34.8 Å². The number of hydrogen-bond donors (Lipinski definition) is 6. The van der Waals surface area contributed by atoms with Crippen molar-refractivity contribution in [1.82, 2.24) is 29.4 Å². The Balaban J connectivity index is 0.000000314. The second-order valence-corrected chi connectivity index (χ2v) is 28.0. The molecule has 18 heteroatoms. The second kappa shape index (κ2) is 50.0. The van der Waals surface area contributed by atoms with Crippen molar-refractivity contribution in [2.45, 2.75) is 261 Å². The summed E-state index contributed by atoms with van der Waals surface area (Å²) in [5.74, 6) is -16.0. The van der Waals surface area contributed by atoms with Crippen LogP contribution >= 0.6 is 0 Å². The number of hydrogen-bond acceptors (Lipinski definition) is 18. The molecule has 0 saturated heterocycles. The molecule has 0 aliphatic heterocycles. The normalized spacial score (nSPS) is 39.6. The Morgan fingerprint density at radius 3 is 0.800 bits per heavy atom. The fourth-order valence-corrected chi connectivity index (χ4v) is 12.9. The topological polar surface area (TPSA) is 196 Å². The zero-order chi connectivity index (χ0) is 154. The molecular formula is C102H162N6O12. The molecule has 6 saturated carbocycles. The Hall–Kier alpha value is -6.36. The first-order valence-electron chi connectivity index (χ1n) is 75.4. The third-order valence-corrected chi connectivity index (χ3v) is 18.8. The second-order valence-electron chi connectivity index (χ2n) is 28.0. The summed E-state index contributed by atoms with van der Waals surface area (Å²) < 4.78 is 652. The van der Waals surface area contributed by atoms with Gasteiger partial charge in [-0.1, -0.05) is 188 Å². The molecular weight excluding hydrogens is 1500 g/mol. The first-order valence-corrected chi connectivity index (χ1v) is 37.4. The van der Waals surface area contributed by atoms with Gasteiger partial charge < -0.3 is 88.5 Å². The van der Waals surface area contributed by atoms with Crippen LogP contribution in [0.15, 0.2) is 145 Å². The van der Waals surface area contributed by atoms with Gasteiger partial charge in [-0.25, -0.2) is 0 Å². The summed E-state index contributed by atoms with van der Waals surface area (Å²) in [6.07, 6.45) is -74.2. The van der Waals surface area contributed by atoms with Crippen LogP contribution in [0.2, 0.25) is 0 Å². The number of rotatable bonds is 30. The molecule has 18 nitrogen and oxygen atoms in total. The molecule has 6 aliphatic rings. The van der Waals surface area contributed by atoms with Gasteiger partial charge in [0, 0.05) is 168 Å². The summed E-state index contributed by atoms with van der Waals surface area (Å²) in [6, 6.07) is 14.5. The van der Waals surface area contributed by atoms with Crippen molar-refractivity contribution in [2.24, 2.45) is 0 Å². The number of aliphatic hydroxyl groups is 6. The van der Waals surface area contributed by atoms with Gasteiger partial charge in [0.1, 0.15) is 34.5 Å². The lowest BCUT2D eigenvalue weighted by Crippen LogP contribution is -2.42. The van der Waals surface area contributed by atoms with Gasteiger partial charge in [0.05, 0.1) is 87.2 Å². The Kier molecular flexibility index (Phi) is 15.7. The van der Waals surface area contributed by atoms with Gasteiger partial charge >= 0.3 is 0 Å². The highest BCUT2D eigenvalue weighted by Gasteiger charge is 2.45. The van der Waals surface area contributed by atoms with Crippen LogP contribution in [0.5, 0.6) is 34.5 Å². The molecule has 6 N–H and O–H groups in total. The maximum Gasteiger partial charge on any atom is 0.118 e. The average Bonchev–Trinajstić information content (AvgIpc) is 0.635. The lowest BCUT2D eigenvalue weighted by atomic mass is 9.72. The van der Waals surface area contributed by atoms with E-state index in [0.29, 0.717) is 44.8 Å². The molecule has 6 atom stereocenters. The van der Waals surface area contributed by atoms with Crippen molar-refractivity contribution in [1.29, 1.82) is 0 Å². The summed E-state index contributed by atoms with van der Waals surface area (Å²) in [6.45, 7) is -33.3. The Bertz CT molecular complexity index is 7270. The highest BCUT2D eigenvalue weighted by atomic mass is 16.5. The number of likely N-dealkylation sites (N-methyl/N-ethyl adjacent to an activating group) is 6. The van der Waals surface area contributed by atoms with Crippen molar-refractivity contribution >= 4 is 0 Å². The van der Waals surface area contributed by atoms with Gasteiger partial charge in [-0.15, -0.1) is 0 Å². The molecule has 0 aromatic heterocycles. The minimum Gasteiger partial charge on any atom is -0.497 e. The van der Waals surface area contributed by atoms with E-state index in [1.807, 2.05) is 19.0 Å². The highest BCUT2D eigenvalue weighted by molar-refractivity contribution is 5.37. The van der Waals surface area contributed by atoms with E-state index < -0.39 is 292 Å². The molecule has 12 rings (SSSR count). The standard InChI is InChI=1S/6C17H27NO2/c6*1-18(2)13-16(17(19)11-5-4-6-12-17)14-7-9-15(20-3)10-8-14/h6*7-10,16,19H,4-6,11-13H2,1-3H3/i1D3,2D3,4D2,5D2,6D2,11D2,12D2,13D2,16D;1D3,4D2,5D2,6D2,11D2,12D2,13D2,16D;1D3,2D3,4D2,5D2,6D2,11D2,12D2,16D;4D2,5D2,6D2,11D2,12D2,13D2,16D;1D3,7D,8D,9D,10D;7D,8D,9D,10D. The van der Waals surface area contributed by atoms with Crippen molar-refractivity contribution < 1.29 is 163 Å². The van der Waals surface area contributed by atoms with E-state index in [1.54, 1.807) is 0 Å². The number of ether oxygens (including phenoxy) is 6. The smallest absolute Gasteiger partial charge is 0.118 e.